The highest BCUT2D eigenvalue weighted by Crippen LogP contribution is 2.66. The van der Waals surface area contributed by atoms with Crippen LogP contribution in [0.5, 0.6) is 0 Å². The van der Waals surface area contributed by atoms with Crippen LogP contribution in [0.3, 0.4) is 0 Å². The largest absolute Gasteiger partial charge is 0.389 e. The van der Waals surface area contributed by atoms with Gasteiger partial charge in [-0.15, -0.1) is 0 Å². The van der Waals surface area contributed by atoms with Crippen LogP contribution in [0.15, 0.2) is 54.6 Å². The third-order valence-corrected chi connectivity index (χ3v) is 8.06. The van der Waals surface area contributed by atoms with Crippen molar-refractivity contribution in [3.05, 3.63) is 70.7 Å². The molecule has 0 saturated heterocycles. The summed E-state index contributed by atoms with van der Waals surface area (Å²) in [6.45, 7) is 0.692. The Morgan fingerprint density at radius 2 is 1.62 bits per heavy atom. The summed E-state index contributed by atoms with van der Waals surface area (Å²) in [5, 5.41) is 0.230. The Kier molecular flexibility index (Phi) is 8.39. The van der Waals surface area contributed by atoms with Crippen LogP contribution >= 0.6 is 29.8 Å². The lowest BCUT2D eigenvalue weighted by Gasteiger charge is -2.22. The standard InChI is InChI=1S/C19H22ClO4PS/c1-3-23-25(22,24-4-2)26-19(16-10-12-17(20)13-11-16)14-18(21)15-8-6-5-7-9-15/h5-13,19H,3-4,14H2,1-2H3. The van der Waals surface area contributed by atoms with E-state index in [1.54, 1.807) is 38.1 Å². The van der Waals surface area contributed by atoms with Crippen molar-refractivity contribution in [2.24, 2.45) is 0 Å². The first kappa shape index (κ1) is 21.2. The van der Waals surface area contributed by atoms with Gasteiger partial charge in [0.15, 0.2) is 5.78 Å². The highest BCUT2D eigenvalue weighted by molar-refractivity contribution is 8.55. The van der Waals surface area contributed by atoms with Gasteiger partial charge >= 0.3 is 6.80 Å². The minimum absolute atomic E-state index is 0.0300. The number of carbonyl (C=O) groups is 1. The second-order valence-corrected chi connectivity index (χ2v) is 10.0. The molecule has 0 fully saturated rings. The van der Waals surface area contributed by atoms with Crippen LogP contribution in [-0.4, -0.2) is 19.0 Å². The average molecular weight is 413 g/mol. The normalized spacial score (nSPS) is 12.7. The summed E-state index contributed by atoms with van der Waals surface area (Å²) in [5.74, 6) is -0.0300. The summed E-state index contributed by atoms with van der Waals surface area (Å²) < 4.78 is 23.7. The fourth-order valence-corrected chi connectivity index (χ4v) is 6.67. The lowest BCUT2D eigenvalue weighted by molar-refractivity contribution is 0.0982. The number of hydrogen-bond donors (Lipinski definition) is 0. The van der Waals surface area contributed by atoms with Crippen molar-refractivity contribution in [3.8, 4) is 0 Å². The number of carbonyl (C=O) groups excluding carboxylic acids is 1. The Bertz CT molecular complexity index is 742. The maximum Gasteiger partial charge on any atom is 0.389 e. The van der Waals surface area contributed by atoms with E-state index in [0.717, 1.165) is 16.9 Å². The van der Waals surface area contributed by atoms with Gasteiger partial charge in [-0.25, -0.2) is 4.57 Å². The quantitative estimate of drug-likeness (QED) is 0.326. The number of ketones is 1. The molecule has 2 rings (SSSR count). The van der Waals surface area contributed by atoms with E-state index in [-0.39, 0.29) is 30.7 Å². The van der Waals surface area contributed by atoms with Gasteiger partial charge in [-0.05, 0) is 42.9 Å². The van der Waals surface area contributed by atoms with Gasteiger partial charge in [0.1, 0.15) is 0 Å². The van der Waals surface area contributed by atoms with Crippen LogP contribution in [0.1, 0.15) is 41.4 Å². The summed E-state index contributed by atoms with van der Waals surface area (Å²) in [6.07, 6.45) is 0.181. The molecule has 0 radical (unpaired) electrons. The first-order valence-corrected chi connectivity index (χ1v) is 11.8. The average Bonchev–Trinajstić information content (AvgIpc) is 2.63. The molecule has 2 aromatic carbocycles. The Labute approximate surface area is 163 Å². The lowest BCUT2D eigenvalue weighted by Crippen LogP contribution is -2.06. The second kappa shape index (κ2) is 10.3. The number of halogens is 1. The molecule has 0 aliphatic carbocycles. The van der Waals surface area contributed by atoms with Gasteiger partial charge in [0.05, 0.1) is 13.2 Å². The Morgan fingerprint density at radius 1 is 1.04 bits per heavy atom. The molecule has 0 aromatic heterocycles. The van der Waals surface area contributed by atoms with Gasteiger partial charge in [-0.2, -0.15) is 0 Å². The van der Waals surface area contributed by atoms with Gasteiger partial charge in [-0.1, -0.05) is 54.1 Å². The molecule has 0 N–H and O–H groups in total. The SMILES string of the molecule is CCOP(=O)(OCC)SC(CC(=O)c1ccccc1)c1ccc(Cl)cc1. The number of Topliss-reactive ketones (excluding diaryl/α,β-unsaturated/α-hetero) is 1. The summed E-state index contributed by atoms with van der Waals surface area (Å²) in [5.41, 5.74) is 1.47. The van der Waals surface area contributed by atoms with E-state index < -0.39 is 6.80 Å². The number of hydrogen-bond acceptors (Lipinski definition) is 5. The predicted molar refractivity (Wildman–Crippen MR) is 108 cm³/mol. The van der Waals surface area contributed by atoms with Gasteiger partial charge in [0.25, 0.3) is 0 Å². The molecular formula is C19H22ClO4PS. The molecule has 0 bridgehead atoms. The molecule has 1 atom stereocenters. The Hall–Kier alpha value is -1.10. The van der Waals surface area contributed by atoms with Crippen molar-refractivity contribution in [1.29, 1.82) is 0 Å². The minimum atomic E-state index is -3.37. The molecule has 0 spiro atoms. The van der Waals surface area contributed by atoms with E-state index in [1.165, 1.54) is 0 Å². The van der Waals surface area contributed by atoms with Gasteiger partial charge in [-0.3, -0.25) is 4.79 Å². The van der Waals surface area contributed by atoms with Crippen molar-refractivity contribution < 1.29 is 18.4 Å². The predicted octanol–water partition coefficient (Wildman–Crippen LogP) is 6.57. The van der Waals surface area contributed by atoms with E-state index in [4.69, 9.17) is 20.6 Å². The Morgan fingerprint density at radius 3 is 2.15 bits per heavy atom. The molecule has 0 saturated carbocycles. The molecule has 140 valence electrons. The Balaban J connectivity index is 2.28. The lowest BCUT2D eigenvalue weighted by atomic mass is 10.0. The zero-order chi connectivity index (χ0) is 19.0. The monoisotopic (exact) mass is 412 g/mol. The van der Waals surface area contributed by atoms with E-state index in [2.05, 4.69) is 0 Å². The van der Waals surface area contributed by atoms with Crippen LogP contribution < -0.4 is 0 Å². The van der Waals surface area contributed by atoms with Crippen molar-refractivity contribution in [2.45, 2.75) is 25.5 Å². The molecule has 2 aromatic rings. The van der Waals surface area contributed by atoms with Crippen LogP contribution in [0.4, 0.5) is 0 Å². The molecule has 4 nitrogen and oxygen atoms in total. The van der Waals surface area contributed by atoms with Crippen LogP contribution in [-0.2, 0) is 13.6 Å². The van der Waals surface area contributed by atoms with E-state index in [9.17, 15) is 9.36 Å². The molecule has 0 aliphatic heterocycles. The van der Waals surface area contributed by atoms with Gasteiger partial charge in [0.2, 0.25) is 0 Å². The molecule has 7 heteroatoms. The summed E-state index contributed by atoms with van der Waals surface area (Å²) in [7, 11) is 0. The van der Waals surface area contributed by atoms with Crippen LogP contribution in [0.25, 0.3) is 0 Å². The second-order valence-electron chi connectivity index (χ2n) is 5.42. The molecule has 26 heavy (non-hydrogen) atoms. The molecule has 0 aliphatic rings. The van der Waals surface area contributed by atoms with Crippen molar-refractivity contribution in [3.63, 3.8) is 0 Å². The minimum Gasteiger partial charge on any atom is -0.301 e. The topological polar surface area (TPSA) is 52.6 Å². The number of rotatable bonds is 10. The smallest absolute Gasteiger partial charge is 0.301 e. The van der Waals surface area contributed by atoms with E-state index in [1.807, 2.05) is 30.3 Å². The van der Waals surface area contributed by atoms with Gasteiger partial charge < -0.3 is 9.05 Å². The zero-order valence-electron chi connectivity index (χ0n) is 14.8. The fourth-order valence-electron chi connectivity index (χ4n) is 2.37. The van der Waals surface area contributed by atoms with E-state index in [0.29, 0.717) is 10.6 Å². The van der Waals surface area contributed by atoms with Crippen LogP contribution in [0, 0.1) is 0 Å². The maximum absolute atomic E-state index is 13.0. The first-order chi connectivity index (χ1) is 12.5. The highest BCUT2D eigenvalue weighted by Gasteiger charge is 2.32. The molecule has 0 heterocycles. The van der Waals surface area contributed by atoms with Crippen LogP contribution in [0.2, 0.25) is 5.02 Å². The molecule has 1 unspecified atom stereocenters. The summed E-state index contributed by atoms with van der Waals surface area (Å²) in [4.78, 5) is 12.7. The van der Waals surface area contributed by atoms with Crippen molar-refractivity contribution in [2.75, 3.05) is 13.2 Å². The highest BCUT2D eigenvalue weighted by atomic mass is 35.5. The summed E-state index contributed by atoms with van der Waals surface area (Å²) >= 11 is 7.04. The maximum atomic E-state index is 13.0. The molecule has 0 amide bonds. The molecular weight excluding hydrogens is 391 g/mol. The first-order valence-electron chi connectivity index (χ1n) is 8.38. The van der Waals surface area contributed by atoms with Gasteiger partial charge in [0, 0.05) is 22.3 Å². The van der Waals surface area contributed by atoms with Crippen molar-refractivity contribution in [1.82, 2.24) is 0 Å². The third kappa shape index (κ3) is 6.26. The van der Waals surface area contributed by atoms with Crippen molar-refractivity contribution >= 4 is 35.6 Å². The summed E-state index contributed by atoms with van der Waals surface area (Å²) in [6, 6.07) is 16.2. The van der Waals surface area contributed by atoms with E-state index >= 15 is 0 Å². The number of benzene rings is 2. The third-order valence-electron chi connectivity index (χ3n) is 3.54. The fraction of sp³-hybridized carbons (Fsp3) is 0.316. The zero-order valence-corrected chi connectivity index (χ0v) is 17.2.